The minimum Gasteiger partial charge on any atom is -0.469 e. The molecule has 0 unspecified atom stereocenters. The first-order chi connectivity index (χ1) is 15.1. The van der Waals surface area contributed by atoms with Crippen molar-refractivity contribution in [3.63, 3.8) is 0 Å². The Hall–Kier alpha value is -1.55. The fourth-order valence-electron chi connectivity index (χ4n) is 4.45. The lowest BCUT2D eigenvalue weighted by Crippen LogP contribution is -2.47. The number of guanidine groups is 1. The van der Waals surface area contributed by atoms with Gasteiger partial charge in [-0.2, -0.15) is 0 Å². The first-order valence-corrected chi connectivity index (χ1v) is 11.8. The lowest BCUT2D eigenvalue weighted by Gasteiger charge is -2.36. The zero-order chi connectivity index (χ0) is 22.1. The number of hydrogen-bond acceptors (Lipinski definition) is 5. The summed E-state index contributed by atoms with van der Waals surface area (Å²) in [7, 11) is 1.47. The summed E-state index contributed by atoms with van der Waals surface area (Å²) >= 11 is 0. The van der Waals surface area contributed by atoms with E-state index in [1.807, 2.05) is 0 Å². The second-order valence-corrected chi connectivity index (χ2v) is 8.54. The number of nitrogens with one attached hydrogen (secondary N) is 1. The molecule has 7 nitrogen and oxygen atoms in total. The summed E-state index contributed by atoms with van der Waals surface area (Å²) in [6.45, 7) is 13.1. The number of nitrogens with zero attached hydrogens (tertiary/aromatic N) is 4. The predicted molar refractivity (Wildman–Crippen MR) is 142 cm³/mol. The zero-order valence-corrected chi connectivity index (χ0v) is 22.2. The Labute approximate surface area is 210 Å². The highest BCUT2D eigenvalue weighted by atomic mass is 127. The average molecular weight is 558 g/mol. The summed E-state index contributed by atoms with van der Waals surface area (Å²) < 4.78 is 4.90. The normalized spacial score (nSPS) is 18.3. The zero-order valence-electron chi connectivity index (χ0n) is 19.9. The van der Waals surface area contributed by atoms with Gasteiger partial charge >= 0.3 is 5.97 Å². The lowest BCUT2D eigenvalue weighted by atomic mass is 9.97. The topological polar surface area (TPSA) is 60.4 Å². The molecule has 2 fully saturated rings. The number of likely N-dealkylation sites (tertiary alicyclic amines) is 1. The maximum Gasteiger partial charge on any atom is 0.308 e. The number of halogens is 1. The van der Waals surface area contributed by atoms with E-state index in [9.17, 15) is 4.79 Å². The fourth-order valence-corrected chi connectivity index (χ4v) is 4.45. The van der Waals surface area contributed by atoms with Crippen LogP contribution in [-0.4, -0.2) is 87.7 Å². The van der Waals surface area contributed by atoms with Crippen LogP contribution in [0.25, 0.3) is 0 Å². The number of ether oxygens (including phenoxy) is 1. The minimum absolute atomic E-state index is 0. The summed E-state index contributed by atoms with van der Waals surface area (Å²) in [5.41, 5.74) is 2.67. The molecule has 0 atom stereocenters. The number of anilines is 1. The van der Waals surface area contributed by atoms with E-state index in [-0.39, 0.29) is 35.9 Å². The Kier molecular flexibility index (Phi) is 11.6. The second kappa shape index (κ2) is 13.9. The summed E-state index contributed by atoms with van der Waals surface area (Å²) in [5.74, 6) is 0.932. The second-order valence-electron chi connectivity index (χ2n) is 8.54. The van der Waals surface area contributed by atoms with E-state index in [0.717, 1.165) is 84.1 Å². The summed E-state index contributed by atoms with van der Waals surface area (Å²) in [6, 6.07) is 8.80. The van der Waals surface area contributed by atoms with E-state index in [1.165, 1.54) is 18.4 Å². The van der Waals surface area contributed by atoms with Gasteiger partial charge in [0.15, 0.2) is 5.96 Å². The summed E-state index contributed by atoms with van der Waals surface area (Å²) in [6.07, 6.45) is 2.74. The number of aryl methyl sites for hydroxylation is 1. The first kappa shape index (κ1) is 26.7. The number of carbonyl (C=O) groups is 1. The van der Waals surface area contributed by atoms with Crippen molar-refractivity contribution in [2.24, 2.45) is 10.9 Å². The quantitative estimate of drug-likeness (QED) is 0.183. The molecule has 1 N–H and O–H groups in total. The number of esters is 1. The highest BCUT2D eigenvalue weighted by Crippen LogP contribution is 2.19. The fraction of sp³-hybridized carbons (Fsp3) is 0.667. The van der Waals surface area contributed by atoms with Gasteiger partial charge in [0.1, 0.15) is 0 Å². The van der Waals surface area contributed by atoms with Crippen LogP contribution in [0, 0.1) is 12.8 Å². The number of carbonyl (C=O) groups excluding carboxylic acids is 1. The van der Waals surface area contributed by atoms with Gasteiger partial charge in [0, 0.05) is 64.6 Å². The molecule has 2 heterocycles. The van der Waals surface area contributed by atoms with Gasteiger partial charge in [-0.25, -0.2) is 0 Å². The minimum atomic E-state index is -0.0796. The van der Waals surface area contributed by atoms with Crippen LogP contribution in [0.5, 0.6) is 0 Å². The number of aliphatic imine (C=N–C) groups is 1. The van der Waals surface area contributed by atoms with Gasteiger partial charge in [0.2, 0.25) is 0 Å². The van der Waals surface area contributed by atoms with Crippen molar-refractivity contribution in [3.8, 4) is 0 Å². The van der Waals surface area contributed by atoms with Gasteiger partial charge in [-0.15, -0.1) is 24.0 Å². The molecule has 2 saturated heterocycles. The molecule has 0 amide bonds. The van der Waals surface area contributed by atoms with Crippen molar-refractivity contribution < 1.29 is 9.53 Å². The van der Waals surface area contributed by atoms with Crippen molar-refractivity contribution in [1.82, 2.24) is 15.1 Å². The molecule has 32 heavy (non-hydrogen) atoms. The van der Waals surface area contributed by atoms with Crippen LogP contribution in [-0.2, 0) is 9.53 Å². The molecule has 0 radical (unpaired) electrons. The van der Waals surface area contributed by atoms with Gasteiger partial charge in [0.25, 0.3) is 0 Å². The highest BCUT2D eigenvalue weighted by Gasteiger charge is 2.27. The van der Waals surface area contributed by atoms with Gasteiger partial charge in [-0.05, 0) is 50.8 Å². The van der Waals surface area contributed by atoms with Crippen LogP contribution in [0.1, 0.15) is 31.7 Å². The predicted octanol–water partition coefficient (Wildman–Crippen LogP) is 2.98. The standard InChI is InChI=1S/C24H39N5O2.HI/c1-4-25-24(29-13-9-21(10-14-29)23(30)31-3)26-11-6-12-27-15-17-28(18-16-27)22-8-5-7-20(2)19-22;/h5,7-8,19,21H,4,6,9-18H2,1-3H3,(H,25,26);1H. The van der Waals surface area contributed by atoms with Crippen LogP contribution in [0.4, 0.5) is 5.69 Å². The van der Waals surface area contributed by atoms with E-state index in [1.54, 1.807) is 0 Å². The Morgan fingerprint density at radius 3 is 2.50 bits per heavy atom. The maximum absolute atomic E-state index is 11.8. The number of hydrogen-bond donors (Lipinski definition) is 1. The third kappa shape index (κ3) is 7.79. The molecule has 180 valence electrons. The van der Waals surface area contributed by atoms with Crippen LogP contribution in [0.3, 0.4) is 0 Å². The third-order valence-electron chi connectivity index (χ3n) is 6.30. The first-order valence-electron chi connectivity index (χ1n) is 11.8. The van der Waals surface area contributed by atoms with Crippen LogP contribution < -0.4 is 10.2 Å². The van der Waals surface area contributed by atoms with E-state index in [2.05, 4.69) is 58.1 Å². The Morgan fingerprint density at radius 1 is 1.16 bits per heavy atom. The molecule has 8 heteroatoms. The molecule has 0 saturated carbocycles. The SMILES string of the molecule is CCNC(=NCCCN1CCN(c2cccc(C)c2)CC1)N1CCC(C(=O)OC)CC1.I. The largest absolute Gasteiger partial charge is 0.469 e. The Morgan fingerprint density at radius 2 is 1.88 bits per heavy atom. The van der Waals surface area contributed by atoms with Gasteiger partial charge in [-0.3, -0.25) is 14.7 Å². The average Bonchev–Trinajstić information content (AvgIpc) is 2.81. The van der Waals surface area contributed by atoms with Gasteiger partial charge < -0.3 is 19.9 Å². The summed E-state index contributed by atoms with van der Waals surface area (Å²) in [5, 5.41) is 3.42. The Bertz CT molecular complexity index is 729. The number of piperazine rings is 1. The van der Waals surface area contributed by atoms with Crippen molar-refractivity contribution in [1.29, 1.82) is 0 Å². The van der Waals surface area contributed by atoms with Crippen LogP contribution >= 0.6 is 24.0 Å². The molecule has 2 aliphatic heterocycles. The van der Waals surface area contributed by atoms with Gasteiger partial charge in [0.05, 0.1) is 13.0 Å². The number of rotatable bonds is 7. The molecular weight excluding hydrogens is 517 g/mol. The lowest BCUT2D eigenvalue weighted by molar-refractivity contribution is -0.146. The Balaban J connectivity index is 0.00000363. The molecule has 1 aromatic rings. The number of methoxy groups -OCH3 is 1. The van der Waals surface area contributed by atoms with E-state index in [4.69, 9.17) is 9.73 Å². The number of benzene rings is 1. The monoisotopic (exact) mass is 557 g/mol. The van der Waals surface area contributed by atoms with Gasteiger partial charge in [-0.1, -0.05) is 12.1 Å². The summed E-state index contributed by atoms with van der Waals surface area (Å²) in [4.78, 5) is 23.9. The van der Waals surface area contributed by atoms with Crippen LogP contribution in [0.2, 0.25) is 0 Å². The smallest absolute Gasteiger partial charge is 0.308 e. The van der Waals surface area contributed by atoms with E-state index in [0.29, 0.717) is 0 Å². The molecule has 1 aromatic carbocycles. The van der Waals surface area contributed by atoms with Crippen LogP contribution in [0.15, 0.2) is 29.3 Å². The molecule has 0 aliphatic carbocycles. The van der Waals surface area contributed by atoms with Crippen molar-refractivity contribution >= 4 is 41.6 Å². The molecule has 3 rings (SSSR count). The van der Waals surface area contributed by atoms with E-state index >= 15 is 0 Å². The molecule has 0 bridgehead atoms. The molecule has 0 aromatic heterocycles. The highest BCUT2D eigenvalue weighted by molar-refractivity contribution is 14.0. The van der Waals surface area contributed by atoms with E-state index < -0.39 is 0 Å². The molecular formula is C24H40IN5O2. The van der Waals surface area contributed by atoms with Crippen molar-refractivity contribution in [2.45, 2.75) is 33.1 Å². The number of piperidine rings is 1. The van der Waals surface area contributed by atoms with Crippen molar-refractivity contribution in [2.75, 3.05) is 70.9 Å². The maximum atomic E-state index is 11.8. The van der Waals surface area contributed by atoms with Crippen molar-refractivity contribution in [3.05, 3.63) is 29.8 Å². The third-order valence-corrected chi connectivity index (χ3v) is 6.30. The molecule has 2 aliphatic rings. The molecule has 0 spiro atoms.